The highest BCUT2D eigenvalue weighted by Gasteiger charge is 2.17. The third-order valence-corrected chi connectivity index (χ3v) is 3.22. The topological polar surface area (TPSA) is 52.3 Å². The molecule has 19 heavy (non-hydrogen) atoms. The van der Waals surface area contributed by atoms with Gasteiger partial charge in [-0.2, -0.15) is 0 Å². The molecular formula is C15H14ClNO2. The zero-order valence-electron chi connectivity index (χ0n) is 10.5. The number of carbonyl (C=O) groups excluding carboxylic acids is 1. The average molecular weight is 276 g/mol. The van der Waals surface area contributed by atoms with E-state index >= 15 is 0 Å². The Morgan fingerprint density at radius 2 is 1.84 bits per heavy atom. The molecule has 2 rings (SSSR count). The lowest BCUT2D eigenvalue weighted by Gasteiger charge is -2.14. The summed E-state index contributed by atoms with van der Waals surface area (Å²) in [7, 11) is 0. The smallest absolute Gasteiger partial charge is 0.340 e. The monoisotopic (exact) mass is 275 g/mol. The summed E-state index contributed by atoms with van der Waals surface area (Å²) in [6.45, 7) is 1.81. The highest BCUT2D eigenvalue weighted by Crippen LogP contribution is 2.26. The molecule has 0 aliphatic heterocycles. The molecular weight excluding hydrogens is 262 g/mol. The number of anilines is 1. The van der Waals surface area contributed by atoms with Gasteiger partial charge in [0.25, 0.3) is 0 Å². The second kappa shape index (κ2) is 5.76. The van der Waals surface area contributed by atoms with E-state index in [0.717, 1.165) is 5.56 Å². The number of hydrogen-bond donors (Lipinski definition) is 1. The van der Waals surface area contributed by atoms with Gasteiger partial charge in [0.2, 0.25) is 0 Å². The van der Waals surface area contributed by atoms with Crippen LogP contribution in [-0.2, 0) is 4.74 Å². The minimum Gasteiger partial charge on any atom is -0.454 e. The van der Waals surface area contributed by atoms with Gasteiger partial charge in [0.15, 0.2) is 0 Å². The number of esters is 1. The Kier molecular flexibility index (Phi) is 4.07. The van der Waals surface area contributed by atoms with Gasteiger partial charge in [0.1, 0.15) is 6.10 Å². The maximum Gasteiger partial charge on any atom is 0.340 e. The number of nitrogens with two attached hydrogens (primary N) is 1. The predicted molar refractivity (Wildman–Crippen MR) is 76.1 cm³/mol. The van der Waals surface area contributed by atoms with Gasteiger partial charge >= 0.3 is 5.97 Å². The standard InChI is InChI=1S/C15H14ClNO2/c1-10(11-6-3-2-4-7-11)19-15(18)12-8-5-9-13(17)14(12)16/h2-10H,17H2,1H3. The number of benzene rings is 2. The molecule has 0 saturated carbocycles. The lowest BCUT2D eigenvalue weighted by Crippen LogP contribution is -2.10. The van der Waals surface area contributed by atoms with Crippen molar-refractivity contribution in [1.82, 2.24) is 0 Å². The normalized spacial score (nSPS) is 11.9. The molecule has 1 unspecified atom stereocenters. The summed E-state index contributed by atoms with van der Waals surface area (Å²) in [4.78, 5) is 12.0. The molecule has 0 radical (unpaired) electrons. The molecule has 0 amide bonds. The lowest BCUT2D eigenvalue weighted by atomic mass is 10.1. The van der Waals surface area contributed by atoms with Crippen LogP contribution in [-0.4, -0.2) is 5.97 Å². The minimum absolute atomic E-state index is 0.229. The molecule has 0 heterocycles. The maximum absolute atomic E-state index is 12.0. The number of nitrogen functional groups attached to an aromatic ring is 1. The van der Waals surface area contributed by atoms with E-state index in [1.165, 1.54) is 0 Å². The first-order valence-electron chi connectivity index (χ1n) is 5.89. The van der Waals surface area contributed by atoms with Crippen LogP contribution in [0, 0.1) is 0 Å². The average Bonchev–Trinajstić information content (AvgIpc) is 2.42. The first-order chi connectivity index (χ1) is 9.09. The molecule has 0 aromatic heterocycles. The Morgan fingerprint density at radius 3 is 2.53 bits per heavy atom. The van der Waals surface area contributed by atoms with E-state index in [1.807, 2.05) is 37.3 Å². The van der Waals surface area contributed by atoms with Crippen LogP contribution in [0.5, 0.6) is 0 Å². The van der Waals surface area contributed by atoms with Crippen molar-refractivity contribution < 1.29 is 9.53 Å². The number of carbonyl (C=O) groups is 1. The quantitative estimate of drug-likeness (QED) is 0.684. The second-order valence-electron chi connectivity index (χ2n) is 4.17. The highest BCUT2D eigenvalue weighted by molar-refractivity contribution is 6.36. The van der Waals surface area contributed by atoms with Gasteiger partial charge in [-0.15, -0.1) is 0 Å². The molecule has 1 atom stereocenters. The Balaban J connectivity index is 2.16. The van der Waals surface area contributed by atoms with Crippen LogP contribution in [0.1, 0.15) is 28.9 Å². The van der Waals surface area contributed by atoms with Crippen molar-refractivity contribution in [3.63, 3.8) is 0 Å². The van der Waals surface area contributed by atoms with E-state index in [4.69, 9.17) is 22.1 Å². The molecule has 0 bridgehead atoms. The molecule has 0 saturated heterocycles. The molecule has 0 spiro atoms. The summed E-state index contributed by atoms with van der Waals surface area (Å²) in [5, 5.41) is 0.229. The lowest BCUT2D eigenvalue weighted by molar-refractivity contribution is 0.0338. The van der Waals surface area contributed by atoms with Crippen molar-refractivity contribution in [2.24, 2.45) is 0 Å². The number of halogens is 1. The molecule has 98 valence electrons. The van der Waals surface area contributed by atoms with E-state index in [2.05, 4.69) is 0 Å². The van der Waals surface area contributed by atoms with Crippen LogP contribution < -0.4 is 5.73 Å². The van der Waals surface area contributed by atoms with Crippen molar-refractivity contribution in [2.45, 2.75) is 13.0 Å². The second-order valence-corrected chi connectivity index (χ2v) is 4.54. The zero-order valence-corrected chi connectivity index (χ0v) is 11.2. The first kappa shape index (κ1) is 13.4. The number of rotatable bonds is 3. The minimum atomic E-state index is -0.478. The van der Waals surface area contributed by atoms with Crippen LogP contribution in [0.2, 0.25) is 5.02 Å². The maximum atomic E-state index is 12.0. The van der Waals surface area contributed by atoms with Crippen LogP contribution in [0.25, 0.3) is 0 Å². The van der Waals surface area contributed by atoms with Gasteiger partial charge in [-0.1, -0.05) is 48.0 Å². The van der Waals surface area contributed by atoms with E-state index in [0.29, 0.717) is 5.69 Å². The molecule has 3 nitrogen and oxygen atoms in total. The Bertz CT molecular complexity index is 584. The summed E-state index contributed by atoms with van der Waals surface area (Å²) in [5.41, 5.74) is 7.23. The summed E-state index contributed by atoms with van der Waals surface area (Å²) in [6.07, 6.45) is -0.341. The van der Waals surface area contributed by atoms with E-state index in [-0.39, 0.29) is 16.7 Å². The fraction of sp³-hybridized carbons (Fsp3) is 0.133. The van der Waals surface area contributed by atoms with Crippen molar-refractivity contribution in [2.75, 3.05) is 5.73 Å². The molecule has 2 aromatic rings. The van der Waals surface area contributed by atoms with Crippen molar-refractivity contribution in [3.8, 4) is 0 Å². The number of hydrogen-bond acceptors (Lipinski definition) is 3. The van der Waals surface area contributed by atoms with Crippen LogP contribution in [0.15, 0.2) is 48.5 Å². The highest BCUT2D eigenvalue weighted by atomic mass is 35.5. The fourth-order valence-electron chi connectivity index (χ4n) is 1.72. The third kappa shape index (κ3) is 3.06. The molecule has 2 N–H and O–H groups in total. The molecule has 0 aliphatic rings. The van der Waals surface area contributed by atoms with Gasteiger partial charge in [0, 0.05) is 0 Å². The van der Waals surface area contributed by atoms with Crippen LogP contribution in [0.4, 0.5) is 5.69 Å². The summed E-state index contributed by atoms with van der Waals surface area (Å²) in [6, 6.07) is 14.4. The summed E-state index contributed by atoms with van der Waals surface area (Å²) < 4.78 is 5.38. The zero-order chi connectivity index (χ0) is 13.8. The van der Waals surface area contributed by atoms with Gasteiger partial charge in [0.05, 0.1) is 16.3 Å². The van der Waals surface area contributed by atoms with Gasteiger partial charge < -0.3 is 10.5 Å². The SMILES string of the molecule is CC(OC(=O)c1cccc(N)c1Cl)c1ccccc1. The van der Waals surface area contributed by atoms with Gasteiger partial charge in [-0.05, 0) is 24.6 Å². The number of ether oxygens (including phenoxy) is 1. The largest absolute Gasteiger partial charge is 0.454 e. The third-order valence-electron chi connectivity index (χ3n) is 2.80. The Hall–Kier alpha value is -2.00. The van der Waals surface area contributed by atoms with Crippen molar-refractivity contribution in [1.29, 1.82) is 0 Å². The van der Waals surface area contributed by atoms with Crippen LogP contribution in [0.3, 0.4) is 0 Å². The molecule has 0 fully saturated rings. The van der Waals surface area contributed by atoms with Crippen molar-refractivity contribution >= 4 is 23.3 Å². The van der Waals surface area contributed by atoms with E-state index in [9.17, 15) is 4.79 Å². The van der Waals surface area contributed by atoms with Gasteiger partial charge in [-0.25, -0.2) is 4.79 Å². The molecule has 2 aromatic carbocycles. The summed E-state index contributed by atoms with van der Waals surface area (Å²) in [5.74, 6) is -0.478. The molecule has 0 aliphatic carbocycles. The first-order valence-corrected chi connectivity index (χ1v) is 6.27. The van der Waals surface area contributed by atoms with Crippen LogP contribution >= 0.6 is 11.6 Å². The fourth-order valence-corrected chi connectivity index (χ4v) is 1.93. The summed E-state index contributed by atoms with van der Waals surface area (Å²) >= 11 is 5.99. The van der Waals surface area contributed by atoms with E-state index in [1.54, 1.807) is 18.2 Å². The van der Waals surface area contributed by atoms with E-state index < -0.39 is 5.97 Å². The Morgan fingerprint density at radius 1 is 1.16 bits per heavy atom. The molecule has 4 heteroatoms. The van der Waals surface area contributed by atoms with Crippen molar-refractivity contribution in [3.05, 3.63) is 64.7 Å². The van der Waals surface area contributed by atoms with Gasteiger partial charge in [-0.3, -0.25) is 0 Å². The predicted octanol–water partition coefficient (Wildman–Crippen LogP) is 3.84. The Labute approximate surface area is 117 Å².